The van der Waals surface area contributed by atoms with Crippen LogP contribution in [0.3, 0.4) is 0 Å². The number of thioether (sulfide) groups is 1. The van der Waals surface area contributed by atoms with Gasteiger partial charge in [-0.3, -0.25) is 4.79 Å². The standard InChI is InChI=1S/C13H21N3O3S/c1-3-4-6-15-9-10(8-14)12(17)16-11(13(18)19)5-7-20-2/h9,11,15H,3-7H2,1-2H3,(H,16,17)(H,18,19)/b10-9-. The maximum absolute atomic E-state index is 11.8. The Labute approximate surface area is 123 Å². The van der Waals surface area contributed by atoms with Crippen LogP contribution in [0.4, 0.5) is 0 Å². The summed E-state index contributed by atoms with van der Waals surface area (Å²) in [6.07, 6.45) is 5.45. The number of nitrogens with one attached hydrogen (secondary N) is 2. The van der Waals surface area contributed by atoms with E-state index in [0.717, 1.165) is 12.8 Å². The van der Waals surface area contributed by atoms with Gasteiger partial charge in [-0.1, -0.05) is 13.3 Å². The zero-order chi connectivity index (χ0) is 15.4. The van der Waals surface area contributed by atoms with E-state index in [9.17, 15) is 9.59 Å². The molecule has 0 aromatic heterocycles. The number of amides is 1. The van der Waals surface area contributed by atoms with Crippen LogP contribution in [0.25, 0.3) is 0 Å². The molecule has 0 spiro atoms. The van der Waals surface area contributed by atoms with Gasteiger partial charge in [-0.25, -0.2) is 4.79 Å². The van der Waals surface area contributed by atoms with Crippen molar-refractivity contribution in [2.75, 3.05) is 18.6 Å². The van der Waals surface area contributed by atoms with E-state index in [4.69, 9.17) is 10.4 Å². The third-order valence-electron chi connectivity index (χ3n) is 2.50. The Morgan fingerprint density at radius 3 is 2.70 bits per heavy atom. The number of carboxylic acid groups (broad SMARTS) is 1. The summed E-state index contributed by atoms with van der Waals surface area (Å²) in [5, 5.41) is 23.1. The van der Waals surface area contributed by atoms with Crippen LogP contribution >= 0.6 is 11.8 Å². The number of unbranched alkanes of at least 4 members (excludes halogenated alkanes) is 1. The van der Waals surface area contributed by atoms with Crippen LogP contribution in [0.15, 0.2) is 11.8 Å². The lowest BCUT2D eigenvalue weighted by atomic mass is 10.2. The zero-order valence-corrected chi connectivity index (χ0v) is 12.6. The smallest absolute Gasteiger partial charge is 0.326 e. The second-order valence-corrected chi connectivity index (χ2v) is 5.11. The number of rotatable bonds is 10. The fourth-order valence-electron chi connectivity index (χ4n) is 1.33. The predicted octanol–water partition coefficient (Wildman–Crippen LogP) is 1.11. The average molecular weight is 299 g/mol. The van der Waals surface area contributed by atoms with Gasteiger partial charge in [0.1, 0.15) is 17.7 Å². The van der Waals surface area contributed by atoms with E-state index in [2.05, 4.69) is 10.6 Å². The lowest BCUT2D eigenvalue weighted by Crippen LogP contribution is -2.41. The predicted molar refractivity (Wildman–Crippen MR) is 79.2 cm³/mol. The highest BCUT2D eigenvalue weighted by Gasteiger charge is 2.21. The van der Waals surface area contributed by atoms with Crippen LogP contribution < -0.4 is 10.6 Å². The van der Waals surface area contributed by atoms with Crippen molar-refractivity contribution in [3.63, 3.8) is 0 Å². The molecule has 1 amide bonds. The summed E-state index contributed by atoms with van der Waals surface area (Å²) in [7, 11) is 0. The van der Waals surface area contributed by atoms with Crippen molar-refractivity contribution >= 4 is 23.6 Å². The summed E-state index contributed by atoms with van der Waals surface area (Å²) in [5.74, 6) is -1.13. The van der Waals surface area contributed by atoms with Crippen LogP contribution in [0.5, 0.6) is 0 Å². The molecule has 20 heavy (non-hydrogen) atoms. The summed E-state index contributed by atoms with van der Waals surface area (Å²) in [6, 6.07) is 0.798. The number of carbonyl (C=O) groups is 2. The number of hydrogen-bond acceptors (Lipinski definition) is 5. The van der Waals surface area contributed by atoms with Crippen molar-refractivity contribution in [2.45, 2.75) is 32.2 Å². The molecular weight excluding hydrogens is 278 g/mol. The number of aliphatic carboxylic acids is 1. The van der Waals surface area contributed by atoms with E-state index in [1.165, 1.54) is 18.0 Å². The Hall–Kier alpha value is -1.68. The molecule has 0 rings (SSSR count). The highest BCUT2D eigenvalue weighted by Crippen LogP contribution is 2.02. The van der Waals surface area contributed by atoms with Gasteiger partial charge in [-0.2, -0.15) is 17.0 Å². The van der Waals surface area contributed by atoms with Crippen LogP contribution in [0.2, 0.25) is 0 Å². The van der Waals surface area contributed by atoms with Crippen LogP contribution in [0, 0.1) is 11.3 Å². The normalized spacial score (nSPS) is 12.3. The maximum atomic E-state index is 11.8. The van der Waals surface area contributed by atoms with E-state index in [1.54, 1.807) is 6.07 Å². The minimum absolute atomic E-state index is 0.114. The average Bonchev–Trinajstić information content (AvgIpc) is 2.43. The van der Waals surface area contributed by atoms with Crippen LogP contribution in [-0.4, -0.2) is 41.6 Å². The second-order valence-electron chi connectivity index (χ2n) is 4.12. The molecule has 0 aliphatic rings. The number of nitriles is 1. The van der Waals surface area contributed by atoms with Crippen LogP contribution in [-0.2, 0) is 9.59 Å². The van der Waals surface area contributed by atoms with Gasteiger partial charge in [-0.05, 0) is 24.9 Å². The van der Waals surface area contributed by atoms with Gasteiger partial charge in [0.2, 0.25) is 0 Å². The first kappa shape index (κ1) is 18.3. The van der Waals surface area contributed by atoms with Gasteiger partial charge in [0, 0.05) is 12.7 Å². The highest BCUT2D eigenvalue weighted by atomic mass is 32.2. The molecule has 0 aliphatic carbocycles. The Morgan fingerprint density at radius 1 is 1.50 bits per heavy atom. The van der Waals surface area contributed by atoms with E-state index < -0.39 is 17.9 Å². The molecule has 0 heterocycles. The highest BCUT2D eigenvalue weighted by molar-refractivity contribution is 7.98. The molecule has 112 valence electrons. The Morgan fingerprint density at radius 2 is 2.20 bits per heavy atom. The first-order chi connectivity index (χ1) is 9.56. The molecule has 0 bridgehead atoms. The van der Waals surface area contributed by atoms with Gasteiger partial charge in [0.25, 0.3) is 5.91 Å². The summed E-state index contributed by atoms with van der Waals surface area (Å²) in [5.41, 5.74) is -0.114. The molecule has 6 nitrogen and oxygen atoms in total. The molecule has 0 aromatic carbocycles. The van der Waals surface area contributed by atoms with Gasteiger partial charge in [-0.15, -0.1) is 0 Å². The number of hydrogen-bond donors (Lipinski definition) is 3. The molecule has 0 aliphatic heterocycles. The summed E-state index contributed by atoms with van der Waals surface area (Å²) in [6.45, 7) is 2.70. The number of nitrogens with zero attached hydrogens (tertiary/aromatic N) is 1. The monoisotopic (exact) mass is 299 g/mol. The Kier molecular flexibility index (Phi) is 10.2. The van der Waals surface area contributed by atoms with Crippen molar-refractivity contribution < 1.29 is 14.7 Å². The van der Waals surface area contributed by atoms with Gasteiger partial charge in [0.05, 0.1) is 0 Å². The topological polar surface area (TPSA) is 102 Å². The van der Waals surface area contributed by atoms with E-state index in [1.807, 2.05) is 13.2 Å². The molecule has 0 saturated carbocycles. The lowest BCUT2D eigenvalue weighted by Gasteiger charge is -2.13. The fourth-order valence-corrected chi connectivity index (χ4v) is 1.80. The van der Waals surface area contributed by atoms with Gasteiger partial charge >= 0.3 is 5.97 Å². The van der Waals surface area contributed by atoms with Crippen molar-refractivity contribution in [3.05, 3.63) is 11.8 Å². The molecule has 1 unspecified atom stereocenters. The summed E-state index contributed by atoms with van der Waals surface area (Å²) >= 11 is 1.50. The Bertz CT molecular complexity index is 391. The Balaban J connectivity index is 4.51. The SMILES string of the molecule is CCCCN/C=C(/C#N)C(=O)NC(CCSC)C(=O)O. The molecule has 3 N–H and O–H groups in total. The first-order valence-corrected chi connectivity index (χ1v) is 7.82. The number of carbonyl (C=O) groups excluding carboxylic acids is 1. The van der Waals surface area contributed by atoms with Crippen LogP contribution in [0.1, 0.15) is 26.2 Å². The van der Waals surface area contributed by atoms with Crippen molar-refractivity contribution in [1.29, 1.82) is 5.26 Å². The lowest BCUT2D eigenvalue weighted by molar-refractivity contribution is -0.141. The summed E-state index contributed by atoms with van der Waals surface area (Å²) < 4.78 is 0. The third-order valence-corrected chi connectivity index (χ3v) is 3.14. The van der Waals surface area contributed by atoms with E-state index in [-0.39, 0.29) is 5.57 Å². The van der Waals surface area contributed by atoms with E-state index >= 15 is 0 Å². The van der Waals surface area contributed by atoms with Gasteiger partial charge < -0.3 is 15.7 Å². The third kappa shape index (κ3) is 7.69. The van der Waals surface area contributed by atoms with Crippen molar-refractivity contribution in [3.8, 4) is 6.07 Å². The first-order valence-electron chi connectivity index (χ1n) is 6.43. The minimum atomic E-state index is -1.09. The molecular formula is C13H21N3O3S. The van der Waals surface area contributed by atoms with Crippen molar-refractivity contribution in [1.82, 2.24) is 10.6 Å². The van der Waals surface area contributed by atoms with Crippen molar-refractivity contribution in [2.24, 2.45) is 0 Å². The van der Waals surface area contributed by atoms with Gasteiger partial charge in [0.15, 0.2) is 0 Å². The maximum Gasteiger partial charge on any atom is 0.326 e. The van der Waals surface area contributed by atoms with E-state index in [0.29, 0.717) is 18.7 Å². The number of carboxylic acids is 1. The quantitative estimate of drug-likeness (QED) is 0.317. The molecule has 0 aromatic rings. The fraction of sp³-hybridized carbons (Fsp3) is 0.615. The second kappa shape index (κ2) is 11.2. The summed E-state index contributed by atoms with van der Waals surface area (Å²) in [4.78, 5) is 22.8. The molecule has 0 fully saturated rings. The zero-order valence-electron chi connectivity index (χ0n) is 11.8. The minimum Gasteiger partial charge on any atom is -0.480 e. The molecule has 7 heteroatoms. The molecule has 0 radical (unpaired) electrons. The molecule has 1 atom stereocenters. The molecule has 0 saturated heterocycles. The largest absolute Gasteiger partial charge is 0.480 e.